The van der Waals surface area contributed by atoms with Crippen LogP contribution in [0, 0.1) is 5.92 Å². The van der Waals surface area contributed by atoms with Gasteiger partial charge in [0, 0.05) is 17.6 Å². The van der Waals surface area contributed by atoms with Crippen molar-refractivity contribution in [1.82, 2.24) is 36.2 Å². The molecule has 196 valence electrons. The Morgan fingerprint density at radius 1 is 1.19 bits per heavy atom. The second kappa shape index (κ2) is 12.0. The largest absolute Gasteiger partial charge is 0.497 e. The van der Waals surface area contributed by atoms with Crippen molar-refractivity contribution in [2.45, 2.75) is 38.4 Å². The predicted molar refractivity (Wildman–Crippen MR) is 137 cm³/mol. The van der Waals surface area contributed by atoms with Gasteiger partial charge in [0.25, 0.3) is 0 Å². The van der Waals surface area contributed by atoms with Gasteiger partial charge in [-0.05, 0) is 84.1 Å². The zero-order valence-electron chi connectivity index (χ0n) is 20.9. The summed E-state index contributed by atoms with van der Waals surface area (Å²) in [4.78, 5) is 25.6. The number of carbonyl (C=O) groups is 2. The summed E-state index contributed by atoms with van der Waals surface area (Å²) in [7, 11) is 3.24. The average molecular weight is 528 g/mol. The lowest BCUT2D eigenvalue weighted by molar-refractivity contribution is -0.129. The lowest BCUT2D eigenvalue weighted by atomic mass is 9.96. The monoisotopic (exact) mass is 527 g/mol. The summed E-state index contributed by atoms with van der Waals surface area (Å²) in [5.41, 5.74) is 2.52. The van der Waals surface area contributed by atoms with Gasteiger partial charge >= 0.3 is 0 Å². The van der Waals surface area contributed by atoms with E-state index in [9.17, 15) is 9.59 Å². The number of methoxy groups -OCH3 is 2. The molecule has 3 atom stereocenters. The number of nitrogens with zero attached hydrogens (tertiary/aromatic N) is 4. The van der Waals surface area contributed by atoms with Crippen LogP contribution in [0.4, 0.5) is 0 Å². The molecule has 3 N–H and O–H groups in total. The summed E-state index contributed by atoms with van der Waals surface area (Å²) in [6.45, 7) is 2.55. The zero-order chi connectivity index (χ0) is 26.4. The molecule has 37 heavy (non-hydrogen) atoms. The molecule has 0 radical (unpaired) electrons. The minimum Gasteiger partial charge on any atom is -0.497 e. The Labute approximate surface area is 219 Å². The van der Waals surface area contributed by atoms with E-state index >= 15 is 0 Å². The fourth-order valence-corrected chi connectivity index (χ4v) is 4.58. The molecule has 1 fully saturated rings. The van der Waals surface area contributed by atoms with Crippen molar-refractivity contribution in [2.75, 3.05) is 20.8 Å². The van der Waals surface area contributed by atoms with Crippen molar-refractivity contribution in [3.63, 3.8) is 0 Å². The lowest BCUT2D eigenvalue weighted by Gasteiger charge is -2.18. The van der Waals surface area contributed by atoms with Crippen molar-refractivity contribution in [3.05, 3.63) is 58.9 Å². The van der Waals surface area contributed by atoms with Crippen molar-refractivity contribution in [2.24, 2.45) is 5.92 Å². The number of nitrogens with one attached hydrogen (secondary N) is 3. The van der Waals surface area contributed by atoms with E-state index in [4.69, 9.17) is 21.1 Å². The van der Waals surface area contributed by atoms with Gasteiger partial charge in [0.1, 0.15) is 23.9 Å². The molecule has 2 aromatic carbocycles. The van der Waals surface area contributed by atoms with Crippen LogP contribution < -0.4 is 25.4 Å². The summed E-state index contributed by atoms with van der Waals surface area (Å²) in [5, 5.41) is 20.7. The summed E-state index contributed by atoms with van der Waals surface area (Å²) in [5.74, 6) is 1.22. The van der Waals surface area contributed by atoms with Gasteiger partial charge in [-0.3, -0.25) is 9.59 Å². The number of amides is 2. The Kier molecular flexibility index (Phi) is 8.57. The van der Waals surface area contributed by atoms with Crippen LogP contribution >= 0.6 is 11.6 Å². The van der Waals surface area contributed by atoms with Gasteiger partial charge in [-0.15, -0.1) is 5.10 Å². The quantitative estimate of drug-likeness (QED) is 0.363. The molecule has 1 aromatic heterocycles. The van der Waals surface area contributed by atoms with Crippen molar-refractivity contribution < 1.29 is 19.1 Å². The highest BCUT2D eigenvalue weighted by Crippen LogP contribution is 2.27. The first-order valence-electron chi connectivity index (χ1n) is 11.9. The molecule has 1 unspecified atom stereocenters. The van der Waals surface area contributed by atoms with E-state index in [1.807, 2.05) is 18.2 Å². The van der Waals surface area contributed by atoms with E-state index in [1.165, 1.54) is 11.0 Å². The number of tetrazole rings is 1. The fraction of sp³-hybridized carbons (Fsp3) is 0.400. The third-order valence-corrected chi connectivity index (χ3v) is 6.55. The highest BCUT2D eigenvalue weighted by atomic mass is 35.5. The summed E-state index contributed by atoms with van der Waals surface area (Å²) < 4.78 is 12.2. The van der Waals surface area contributed by atoms with Crippen LogP contribution in [-0.2, 0) is 22.6 Å². The minimum absolute atomic E-state index is 0.197. The average Bonchev–Trinajstić information content (AvgIpc) is 3.59. The van der Waals surface area contributed by atoms with E-state index < -0.39 is 6.04 Å². The number of aromatic nitrogens is 4. The van der Waals surface area contributed by atoms with Crippen LogP contribution in [0.2, 0.25) is 5.02 Å². The van der Waals surface area contributed by atoms with Gasteiger partial charge in [0.2, 0.25) is 11.8 Å². The van der Waals surface area contributed by atoms with E-state index in [0.717, 1.165) is 29.0 Å². The summed E-state index contributed by atoms with van der Waals surface area (Å²) >= 11 is 6.14. The molecular formula is C25H30ClN7O4. The fourth-order valence-electron chi connectivity index (χ4n) is 4.39. The third-order valence-electron chi connectivity index (χ3n) is 6.32. The molecular weight excluding hydrogens is 498 g/mol. The first-order valence-corrected chi connectivity index (χ1v) is 12.3. The van der Waals surface area contributed by atoms with Crippen LogP contribution in [0.5, 0.6) is 11.5 Å². The SMILES string of the molecule is COc1cc(C[C@@H]2CN[C@@H](C(=O)NC(C)C(=O)NCc3cc(Cl)ccc3-n3cnnn3)C2)cc(OC)c1. The van der Waals surface area contributed by atoms with Crippen LogP contribution in [-0.4, -0.2) is 64.9 Å². The van der Waals surface area contributed by atoms with E-state index in [0.29, 0.717) is 23.7 Å². The van der Waals surface area contributed by atoms with Crippen LogP contribution in [0.1, 0.15) is 24.5 Å². The maximum atomic E-state index is 12.9. The van der Waals surface area contributed by atoms with E-state index in [1.54, 1.807) is 39.3 Å². The van der Waals surface area contributed by atoms with Crippen LogP contribution in [0.3, 0.4) is 0 Å². The number of halogens is 1. The van der Waals surface area contributed by atoms with E-state index in [2.05, 4.69) is 31.5 Å². The Hall–Kier alpha value is -3.70. The molecule has 0 saturated carbocycles. The van der Waals surface area contributed by atoms with Crippen molar-refractivity contribution >= 4 is 23.4 Å². The van der Waals surface area contributed by atoms with Gasteiger partial charge in [0.15, 0.2) is 0 Å². The highest BCUT2D eigenvalue weighted by Gasteiger charge is 2.31. The van der Waals surface area contributed by atoms with Crippen molar-refractivity contribution in [1.29, 1.82) is 0 Å². The number of rotatable bonds is 10. The number of ether oxygens (including phenoxy) is 2. The molecule has 2 heterocycles. The molecule has 11 nitrogen and oxygen atoms in total. The second-order valence-electron chi connectivity index (χ2n) is 8.96. The maximum absolute atomic E-state index is 12.9. The molecule has 2 amide bonds. The van der Waals surface area contributed by atoms with E-state index in [-0.39, 0.29) is 30.3 Å². The van der Waals surface area contributed by atoms with Gasteiger partial charge < -0.3 is 25.4 Å². The maximum Gasteiger partial charge on any atom is 0.242 e. The second-order valence-corrected chi connectivity index (χ2v) is 9.40. The Morgan fingerprint density at radius 3 is 2.62 bits per heavy atom. The smallest absolute Gasteiger partial charge is 0.242 e. The minimum atomic E-state index is -0.716. The molecule has 0 spiro atoms. The molecule has 1 aliphatic rings. The normalized spacial score (nSPS) is 17.7. The molecule has 4 rings (SSSR count). The third kappa shape index (κ3) is 6.75. The van der Waals surface area contributed by atoms with Gasteiger partial charge in [-0.2, -0.15) is 0 Å². The van der Waals surface area contributed by atoms with Crippen LogP contribution in [0.25, 0.3) is 5.69 Å². The Balaban J connectivity index is 1.29. The molecule has 0 aliphatic carbocycles. The van der Waals surface area contributed by atoms with Gasteiger partial charge in [0.05, 0.1) is 25.9 Å². The zero-order valence-corrected chi connectivity index (χ0v) is 21.7. The number of hydrogen-bond donors (Lipinski definition) is 3. The first-order chi connectivity index (χ1) is 17.9. The van der Waals surface area contributed by atoms with Gasteiger partial charge in [-0.25, -0.2) is 4.68 Å². The molecule has 3 aromatic rings. The topological polar surface area (TPSA) is 132 Å². The molecule has 12 heteroatoms. The number of hydrogen-bond acceptors (Lipinski definition) is 8. The Morgan fingerprint density at radius 2 is 1.95 bits per heavy atom. The number of carbonyl (C=O) groups excluding carboxylic acids is 2. The molecule has 1 aliphatic heterocycles. The van der Waals surface area contributed by atoms with Crippen molar-refractivity contribution in [3.8, 4) is 17.2 Å². The predicted octanol–water partition coefficient (Wildman–Crippen LogP) is 1.67. The molecule has 1 saturated heterocycles. The van der Waals surface area contributed by atoms with Gasteiger partial charge in [-0.1, -0.05) is 11.6 Å². The first kappa shape index (κ1) is 26.4. The molecule has 0 bridgehead atoms. The summed E-state index contributed by atoms with van der Waals surface area (Å²) in [6, 6.07) is 9.94. The lowest BCUT2D eigenvalue weighted by Crippen LogP contribution is -2.50. The standard InChI is InChI=1S/C25H30ClN7O4/c1-15(24(34)28-13-18-10-19(26)4-5-23(18)33-14-29-31-32-33)30-25(35)22-9-17(12-27-22)6-16-7-20(36-2)11-21(8-16)37-3/h4-5,7-8,10-11,14-15,17,22,27H,6,9,12-13H2,1-3H3,(H,28,34)(H,30,35)/t15?,17-,22+/m0/s1. The summed E-state index contributed by atoms with van der Waals surface area (Å²) in [6.07, 6.45) is 2.91. The van der Waals surface area contributed by atoms with Crippen LogP contribution in [0.15, 0.2) is 42.7 Å². The number of benzene rings is 2. The Bertz CT molecular complexity index is 1220. The highest BCUT2D eigenvalue weighted by molar-refractivity contribution is 6.30.